The van der Waals surface area contributed by atoms with E-state index in [-0.39, 0.29) is 17.8 Å². The second kappa shape index (κ2) is 20.3. The van der Waals surface area contributed by atoms with Gasteiger partial charge in [0.05, 0.1) is 18.8 Å². The molecular weight excluding hydrogens is 623 g/mol. The molecule has 4 N–H and O–H groups in total. The minimum Gasteiger partial charge on any atom is -0.453 e. The number of hydrogen-bond acceptors (Lipinski definition) is 6. The van der Waals surface area contributed by atoms with Crippen molar-refractivity contribution in [2.45, 2.75) is 76.4 Å². The number of aryl methyl sites for hydroxylation is 1. The third-order valence-corrected chi connectivity index (χ3v) is 8.93. The molecule has 0 bridgehead atoms. The van der Waals surface area contributed by atoms with Crippen molar-refractivity contribution in [2.75, 3.05) is 40.3 Å². The number of nitrogens with one attached hydrogen (secondary N) is 1. The third kappa shape index (κ3) is 12.3. The van der Waals surface area contributed by atoms with Crippen molar-refractivity contribution in [3.8, 4) is 11.1 Å². The first kappa shape index (κ1) is 39.2. The normalized spacial score (nSPS) is 14.2. The van der Waals surface area contributed by atoms with Crippen LogP contribution in [0.15, 0.2) is 72.8 Å². The fourth-order valence-corrected chi connectivity index (χ4v) is 6.15. The van der Waals surface area contributed by atoms with E-state index in [9.17, 15) is 19.5 Å². The number of methoxy groups -OCH3 is 1. The summed E-state index contributed by atoms with van der Waals surface area (Å²) in [5, 5.41) is 14.5. The number of amides is 3. The van der Waals surface area contributed by atoms with Gasteiger partial charge in [0.2, 0.25) is 12.3 Å². The number of aliphatic hydroxyl groups is 1. The molecule has 0 aliphatic carbocycles. The number of halogens is 1. The first-order valence-electron chi connectivity index (χ1n) is 17.3. The van der Waals surface area contributed by atoms with Crippen LogP contribution in [0.3, 0.4) is 0 Å². The molecule has 49 heavy (non-hydrogen) atoms. The molecule has 2 atom stereocenters. The maximum atomic E-state index is 15.2. The van der Waals surface area contributed by atoms with Crippen molar-refractivity contribution >= 4 is 18.4 Å². The molecule has 1 heterocycles. The first-order chi connectivity index (χ1) is 23.6. The van der Waals surface area contributed by atoms with E-state index in [0.29, 0.717) is 62.7 Å². The van der Waals surface area contributed by atoms with E-state index in [2.05, 4.69) is 10.1 Å². The zero-order valence-electron chi connectivity index (χ0n) is 29.2. The lowest BCUT2D eigenvalue weighted by atomic mass is 9.80. The molecule has 266 valence electrons. The lowest BCUT2D eigenvalue weighted by molar-refractivity contribution is -0.131. The average Bonchev–Trinajstić information content (AvgIpc) is 3.67. The van der Waals surface area contributed by atoms with Crippen molar-refractivity contribution in [1.29, 1.82) is 0 Å². The van der Waals surface area contributed by atoms with Gasteiger partial charge in [0.1, 0.15) is 5.82 Å². The smallest absolute Gasteiger partial charge is 0.406 e. The largest absolute Gasteiger partial charge is 0.453 e. The second-order valence-corrected chi connectivity index (χ2v) is 12.6. The van der Waals surface area contributed by atoms with E-state index in [0.717, 1.165) is 55.5 Å². The van der Waals surface area contributed by atoms with Gasteiger partial charge in [0, 0.05) is 38.8 Å². The number of likely N-dealkylation sites (tertiary alicyclic amines) is 1. The van der Waals surface area contributed by atoms with E-state index in [1.807, 2.05) is 66.4 Å². The van der Waals surface area contributed by atoms with Gasteiger partial charge in [-0.3, -0.25) is 9.59 Å². The molecule has 1 unspecified atom stereocenters. The minimum atomic E-state index is -1.29. The van der Waals surface area contributed by atoms with E-state index < -0.39 is 11.7 Å². The molecule has 4 rings (SSSR count). The summed E-state index contributed by atoms with van der Waals surface area (Å²) >= 11 is 0. The monoisotopic (exact) mass is 676 g/mol. The Labute approximate surface area is 290 Å². The molecule has 0 radical (unpaired) electrons. The van der Waals surface area contributed by atoms with Gasteiger partial charge < -0.3 is 30.7 Å². The Hall–Kier alpha value is -4.28. The van der Waals surface area contributed by atoms with Gasteiger partial charge in [-0.2, -0.15) is 0 Å². The molecule has 10 heteroatoms. The summed E-state index contributed by atoms with van der Waals surface area (Å²) in [4.78, 5) is 37.6. The summed E-state index contributed by atoms with van der Waals surface area (Å²) in [6, 6.07) is 22.1. The highest BCUT2D eigenvalue weighted by atomic mass is 19.1. The second-order valence-electron chi connectivity index (χ2n) is 12.6. The van der Waals surface area contributed by atoms with Crippen LogP contribution in [0.25, 0.3) is 11.1 Å². The average molecular weight is 677 g/mol. The lowest BCUT2D eigenvalue weighted by Gasteiger charge is -2.32. The zero-order chi connectivity index (χ0) is 35.6. The molecule has 3 aromatic carbocycles. The predicted octanol–water partition coefficient (Wildman–Crippen LogP) is 5.82. The number of hydrogen-bond donors (Lipinski definition) is 3. The summed E-state index contributed by atoms with van der Waals surface area (Å²) in [6.45, 7) is 4.71. The summed E-state index contributed by atoms with van der Waals surface area (Å²) in [6.07, 6.45) is 6.54. The van der Waals surface area contributed by atoms with E-state index in [1.165, 1.54) is 13.2 Å². The molecule has 1 aliphatic rings. The number of ether oxygens (including phenoxy) is 1. The van der Waals surface area contributed by atoms with Gasteiger partial charge in [0.15, 0.2) is 0 Å². The van der Waals surface area contributed by atoms with Crippen LogP contribution in [0.2, 0.25) is 0 Å². The summed E-state index contributed by atoms with van der Waals surface area (Å²) in [5.41, 5.74) is 8.53. The number of nitrogens with zero attached hydrogens (tertiary/aromatic N) is 2. The number of nitrogens with two attached hydrogens (primary N) is 1. The summed E-state index contributed by atoms with van der Waals surface area (Å²) in [5.74, 6) is -0.283. The van der Waals surface area contributed by atoms with Gasteiger partial charge in [-0.15, -0.1) is 0 Å². The molecule has 0 saturated carbocycles. The van der Waals surface area contributed by atoms with Gasteiger partial charge in [-0.25, -0.2) is 9.18 Å². The molecule has 3 amide bonds. The predicted molar refractivity (Wildman–Crippen MR) is 191 cm³/mol. The maximum Gasteiger partial charge on any atom is 0.406 e. The molecule has 1 saturated heterocycles. The lowest BCUT2D eigenvalue weighted by Crippen LogP contribution is -2.43. The molecule has 0 aromatic heterocycles. The minimum absolute atomic E-state index is 0.0985. The Morgan fingerprint density at radius 2 is 1.69 bits per heavy atom. The van der Waals surface area contributed by atoms with E-state index in [4.69, 9.17) is 5.73 Å². The van der Waals surface area contributed by atoms with Gasteiger partial charge >= 0.3 is 6.09 Å². The molecule has 1 fully saturated rings. The highest BCUT2D eigenvalue weighted by Crippen LogP contribution is 2.40. The van der Waals surface area contributed by atoms with Crippen LogP contribution < -0.4 is 11.1 Å². The van der Waals surface area contributed by atoms with Crippen LogP contribution in [0.4, 0.5) is 9.18 Å². The Balaban J connectivity index is 0.000000337. The molecule has 1 aliphatic heterocycles. The van der Waals surface area contributed by atoms with Crippen molar-refractivity contribution in [1.82, 2.24) is 15.1 Å². The van der Waals surface area contributed by atoms with Crippen LogP contribution in [0.5, 0.6) is 0 Å². The number of alkyl carbamates (subject to hydrolysis) is 1. The highest BCUT2D eigenvalue weighted by Gasteiger charge is 2.32. The Kier molecular flexibility index (Phi) is 16.2. The fourth-order valence-electron chi connectivity index (χ4n) is 6.15. The van der Waals surface area contributed by atoms with E-state index >= 15 is 4.39 Å². The van der Waals surface area contributed by atoms with Crippen LogP contribution in [-0.4, -0.2) is 79.7 Å². The van der Waals surface area contributed by atoms with Crippen LogP contribution in [-0.2, 0) is 32.8 Å². The van der Waals surface area contributed by atoms with Crippen LogP contribution >= 0.6 is 0 Å². The molecule has 0 spiro atoms. The Morgan fingerprint density at radius 3 is 2.37 bits per heavy atom. The number of unbranched alkanes of at least 4 members (excludes halogenated alkanes) is 1. The first-order valence-corrected chi connectivity index (χ1v) is 17.3. The topological polar surface area (TPSA) is 125 Å². The molecule has 3 aromatic rings. The summed E-state index contributed by atoms with van der Waals surface area (Å²) < 4.78 is 19.8. The van der Waals surface area contributed by atoms with Crippen molar-refractivity contribution in [2.24, 2.45) is 5.73 Å². The number of carbonyl (C=O) groups excluding carboxylic acids is 3. The standard InChI is InChI=1S/C26H35FN2O4.C13H18N2O/c1-4-20-10-7-11-21(18-20)24-22(12-8-13-23(24)27)26(32,14-5-6-17-29(2)19-30)15-9-16-28-25(31)33-3;14-12(10-11-6-2-1-3-7-11)13(16)15-8-4-5-9-15/h7-8,10-13,18-19,32H,4-6,9,14-17H2,1-3H3,(H,28,31);1-3,6-7,12H,4-5,8-10,14H2/t26-;/m0./s1. The van der Waals surface area contributed by atoms with Gasteiger partial charge in [-0.1, -0.05) is 73.7 Å². The molecule has 9 nitrogen and oxygen atoms in total. The van der Waals surface area contributed by atoms with Crippen molar-refractivity contribution < 1.29 is 28.6 Å². The summed E-state index contributed by atoms with van der Waals surface area (Å²) in [7, 11) is 3.01. The number of carbonyl (C=O) groups is 3. The van der Waals surface area contributed by atoms with E-state index in [1.54, 1.807) is 24.1 Å². The van der Waals surface area contributed by atoms with Crippen LogP contribution in [0.1, 0.15) is 68.6 Å². The van der Waals surface area contributed by atoms with Crippen molar-refractivity contribution in [3.05, 3.63) is 95.3 Å². The van der Waals surface area contributed by atoms with Crippen LogP contribution in [0, 0.1) is 5.82 Å². The zero-order valence-corrected chi connectivity index (χ0v) is 29.2. The highest BCUT2D eigenvalue weighted by molar-refractivity contribution is 5.82. The van der Waals surface area contributed by atoms with Gasteiger partial charge in [-0.05, 0) is 86.1 Å². The quantitative estimate of drug-likeness (QED) is 0.130. The van der Waals surface area contributed by atoms with Gasteiger partial charge in [0.25, 0.3) is 0 Å². The number of rotatable bonds is 16. The number of benzene rings is 3. The molecular formula is C39H53FN4O5. The Bertz CT molecular complexity index is 1470. The third-order valence-electron chi connectivity index (χ3n) is 8.93. The Morgan fingerprint density at radius 1 is 1.02 bits per heavy atom. The maximum absolute atomic E-state index is 15.2. The SMILES string of the molecule is CCc1cccc(-c2c(F)cccc2[C@](O)(CCCCN(C)C=O)CCCNC(=O)OC)c1.NC(Cc1ccccc1)C(=O)N1CCCC1. The van der Waals surface area contributed by atoms with Crippen molar-refractivity contribution in [3.63, 3.8) is 0 Å². The fraction of sp³-hybridized carbons (Fsp3) is 0.462.